The zero-order valence-corrected chi connectivity index (χ0v) is 24.6. The minimum atomic E-state index is -1.10. The SMILES string of the molecule is CC.CC/C=C\C=C(/CC)Cn1c(C)c(C(=O)C=O)c2c(OCC(=O)O)cc(C)c(CCC)c21.CF.CN. The van der Waals surface area contributed by atoms with E-state index in [0.29, 0.717) is 36.8 Å². The number of nitrogens with zero attached hydrogens (tertiary/aromatic N) is 1. The summed E-state index contributed by atoms with van der Waals surface area (Å²) < 4.78 is 17.2. The van der Waals surface area contributed by atoms with Gasteiger partial charge in [-0.1, -0.05) is 64.8 Å². The summed E-state index contributed by atoms with van der Waals surface area (Å²) in [5.74, 6) is -1.42. The fraction of sp³-hybridized carbons (Fsp3) is 0.500. The van der Waals surface area contributed by atoms with Crippen LogP contribution in [0.25, 0.3) is 10.9 Å². The zero-order chi connectivity index (χ0) is 29.8. The van der Waals surface area contributed by atoms with E-state index in [9.17, 15) is 18.8 Å². The summed E-state index contributed by atoms with van der Waals surface area (Å²) in [4.78, 5) is 35.3. The molecule has 0 atom stereocenters. The standard InChI is InChI=1S/C26H33NO5.C2H6.CH3F.CH5N/c1-6-9-10-12-19(8-3)14-27-18(5)24(21(29)15-28)25-22(32-16-23(30)31)13-17(4)20(11-7-2)26(25)27;3*1-2/h9-10,12-13,15H,6-8,11,14,16H2,1-5H3,(H,30,31);1-2H3;1H3;2H2,1H3/b10-9-,19-12+;;;. The lowest BCUT2D eigenvalue weighted by molar-refractivity contribution is -0.139. The van der Waals surface area contributed by atoms with Crippen molar-refractivity contribution >= 4 is 28.9 Å². The first-order valence-corrected chi connectivity index (χ1v) is 13.1. The lowest BCUT2D eigenvalue weighted by Crippen LogP contribution is -2.11. The van der Waals surface area contributed by atoms with Crippen molar-refractivity contribution in [3.05, 3.63) is 52.3 Å². The van der Waals surface area contributed by atoms with Crippen molar-refractivity contribution in [1.82, 2.24) is 4.57 Å². The Kier molecular flexibility index (Phi) is 20.2. The number of aryl methyl sites for hydroxylation is 2. The van der Waals surface area contributed by atoms with Crippen molar-refractivity contribution < 1.29 is 28.6 Å². The van der Waals surface area contributed by atoms with Gasteiger partial charge < -0.3 is 20.1 Å². The summed E-state index contributed by atoms with van der Waals surface area (Å²) in [7, 11) is 2.00. The molecule has 3 N–H and O–H groups in total. The molecule has 38 heavy (non-hydrogen) atoms. The molecule has 2 rings (SSSR count). The lowest BCUT2D eigenvalue weighted by Gasteiger charge is -2.16. The Hall–Kier alpha value is -3.26. The Balaban J connectivity index is 0. The van der Waals surface area contributed by atoms with Gasteiger partial charge in [0.25, 0.3) is 0 Å². The second kappa shape index (κ2) is 20.8. The first-order valence-electron chi connectivity index (χ1n) is 13.1. The van der Waals surface area contributed by atoms with Crippen molar-refractivity contribution in [3.8, 4) is 5.75 Å². The summed E-state index contributed by atoms with van der Waals surface area (Å²) in [6.07, 6.45) is 10.0. The smallest absolute Gasteiger partial charge is 0.341 e. The van der Waals surface area contributed by atoms with E-state index in [1.165, 1.54) is 12.6 Å². The Morgan fingerprint density at radius 2 is 1.74 bits per heavy atom. The highest BCUT2D eigenvalue weighted by atomic mass is 19.1. The molecule has 0 saturated heterocycles. The first kappa shape index (κ1) is 36.9. The van der Waals surface area contributed by atoms with Crippen LogP contribution in [0.2, 0.25) is 0 Å². The van der Waals surface area contributed by atoms with Gasteiger partial charge in [-0.2, -0.15) is 0 Å². The highest BCUT2D eigenvalue weighted by molar-refractivity contribution is 6.37. The number of rotatable bonds is 12. The topological polar surface area (TPSA) is 112 Å². The monoisotopic (exact) mass is 534 g/mol. The molecule has 214 valence electrons. The minimum absolute atomic E-state index is 0.285. The van der Waals surface area contributed by atoms with Crippen LogP contribution in [0.1, 0.15) is 81.1 Å². The van der Waals surface area contributed by atoms with Gasteiger partial charge >= 0.3 is 5.97 Å². The maximum atomic E-state index is 12.7. The summed E-state index contributed by atoms with van der Waals surface area (Å²) in [6, 6.07) is 1.78. The quantitative estimate of drug-likeness (QED) is 0.138. The van der Waals surface area contributed by atoms with E-state index in [-0.39, 0.29) is 5.56 Å². The molecule has 1 aromatic carbocycles. The van der Waals surface area contributed by atoms with E-state index in [0.717, 1.165) is 42.3 Å². The second-order valence-electron chi connectivity index (χ2n) is 7.87. The average molecular weight is 535 g/mol. The van der Waals surface area contributed by atoms with Crippen molar-refractivity contribution in [3.63, 3.8) is 0 Å². The molecule has 0 bridgehead atoms. The predicted molar refractivity (Wildman–Crippen MR) is 155 cm³/mol. The number of carboxylic acids is 1. The number of fused-ring (bicyclic) bond motifs is 1. The third-order valence-corrected chi connectivity index (χ3v) is 5.60. The number of aldehydes is 1. The zero-order valence-electron chi connectivity index (χ0n) is 24.6. The van der Waals surface area contributed by atoms with Crippen molar-refractivity contribution in [2.45, 2.75) is 80.7 Å². The Bertz CT molecular complexity index is 1080. The summed E-state index contributed by atoms with van der Waals surface area (Å²) >= 11 is 0. The molecule has 1 heterocycles. The fourth-order valence-corrected chi connectivity index (χ4v) is 4.04. The molecule has 0 aliphatic heterocycles. The molecule has 0 unspecified atom stereocenters. The van der Waals surface area contributed by atoms with Crippen LogP contribution in [0, 0.1) is 13.8 Å². The maximum Gasteiger partial charge on any atom is 0.341 e. The molecule has 7 nitrogen and oxygen atoms in total. The third-order valence-electron chi connectivity index (χ3n) is 5.60. The predicted octanol–water partition coefficient (Wildman–Crippen LogP) is 6.55. The molecule has 0 fully saturated rings. The normalized spacial score (nSPS) is 10.6. The molecule has 0 aliphatic rings. The number of carbonyl (C=O) groups excluding carboxylic acids is 2. The van der Waals surface area contributed by atoms with Gasteiger partial charge in [0.2, 0.25) is 5.78 Å². The van der Waals surface area contributed by atoms with E-state index in [2.05, 4.69) is 43.2 Å². The number of nitrogens with two attached hydrogens (primary N) is 1. The number of halogens is 1. The number of aromatic nitrogens is 1. The summed E-state index contributed by atoms with van der Waals surface area (Å²) in [5.41, 5.74) is 9.53. The van der Waals surface area contributed by atoms with E-state index >= 15 is 0 Å². The van der Waals surface area contributed by atoms with E-state index in [1.807, 2.05) is 33.8 Å². The summed E-state index contributed by atoms with van der Waals surface area (Å²) in [6.45, 7) is 14.1. The molecule has 0 radical (unpaired) electrons. The molecule has 0 spiro atoms. The van der Waals surface area contributed by atoms with Crippen molar-refractivity contribution in [1.29, 1.82) is 0 Å². The van der Waals surface area contributed by atoms with Gasteiger partial charge in [0.1, 0.15) is 5.75 Å². The van der Waals surface area contributed by atoms with Crippen LogP contribution in [0.3, 0.4) is 0 Å². The van der Waals surface area contributed by atoms with Crippen LogP contribution in [-0.4, -0.2) is 48.5 Å². The Morgan fingerprint density at radius 3 is 2.21 bits per heavy atom. The number of hydrogen-bond acceptors (Lipinski definition) is 5. The van der Waals surface area contributed by atoms with Gasteiger partial charge in [0.05, 0.1) is 23.6 Å². The molecule has 0 saturated carbocycles. The average Bonchev–Trinajstić information content (AvgIpc) is 3.23. The highest BCUT2D eigenvalue weighted by Gasteiger charge is 2.26. The number of hydrogen-bond donors (Lipinski definition) is 2. The van der Waals surface area contributed by atoms with Crippen LogP contribution in [-0.2, 0) is 22.6 Å². The number of allylic oxidation sites excluding steroid dienone is 4. The lowest BCUT2D eigenvalue weighted by atomic mass is 9.97. The molecule has 0 amide bonds. The van der Waals surface area contributed by atoms with Gasteiger partial charge in [-0.05, 0) is 57.4 Å². The Morgan fingerprint density at radius 1 is 1.13 bits per heavy atom. The number of Topliss-reactive ketones (excluding diaryl/α,β-unsaturated/α-hetero) is 1. The van der Waals surface area contributed by atoms with E-state index in [4.69, 9.17) is 9.84 Å². The molecule has 8 heteroatoms. The number of aliphatic carboxylic acids is 1. The number of ketones is 1. The largest absolute Gasteiger partial charge is 0.481 e. The van der Waals surface area contributed by atoms with Crippen molar-refractivity contribution in [2.24, 2.45) is 5.73 Å². The summed E-state index contributed by atoms with van der Waals surface area (Å²) in [5, 5.41) is 9.65. The second-order valence-corrected chi connectivity index (χ2v) is 7.87. The van der Waals surface area contributed by atoms with Crippen LogP contribution >= 0.6 is 0 Å². The number of benzene rings is 1. The van der Waals surface area contributed by atoms with Crippen LogP contribution in [0.5, 0.6) is 5.75 Å². The van der Waals surface area contributed by atoms with Crippen LogP contribution < -0.4 is 10.5 Å². The highest BCUT2D eigenvalue weighted by Crippen LogP contribution is 2.39. The van der Waals surface area contributed by atoms with Crippen LogP contribution in [0.4, 0.5) is 4.39 Å². The van der Waals surface area contributed by atoms with Gasteiger partial charge in [0.15, 0.2) is 12.9 Å². The van der Waals surface area contributed by atoms with Gasteiger partial charge in [-0.15, -0.1) is 0 Å². The first-order chi connectivity index (χ1) is 18.3. The molecular weight excluding hydrogens is 487 g/mol. The number of ether oxygens (including phenoxy) is 1. The van der Waals surface area contributed by atoms with Crippen molar-refractivity contribution in [2.75, 3.05) is 20.8 Å². The van der Waals surface area contributed by atoms with Gasteiger partial charge in [-0.3, -0.25) is 14.0 Å². The van der Waals surface area contributed by atoms with Gasteiger partial charge in [0, 0.05) is 12.2 Å². The fourth-order valence-electron chi connectivity index (χ4n) is 4.04. The molecule has 2 aromatic rings. The Labute approximate surface area is 227 Å². The van der Waals surface area contributed by atoms with Gasteiger partial charge in [-0.25, -0.2) is 4.79 Å². The number of alkyl halides is 1. The number of carbonyl (C=O) groups is 3. The molecular formula is C30H47FN2O5. The molecule has 0 aliphatic carbocycles. The third kappa shape index (κ3) is 9.89. The number of carboxylic acid groups (broad SMARTS) is 1. The minimum Gasteiger partial charge on any atom is -0.481 e. The van der Waals surface area contributed by atoms with E-state index in [1.54, 1.807) is 6.07 Å². The molecule has 1 aromatic heterocycles. The van der Waals surface area contributed by atoms with Crippen LogP contribution in [0.15, 0.2) is 29.9 Å². The van der Waals surface area contributed by atoms with E-state index < -0.39 is 18.4 Å². The maximum absolute atomic E-state index is 12.7.